The van der Waals surface area contributed by atoms with E-state index in [0.717, 1.165) is 0 Å². The van der Waals surface area contributed by atoms with E-state index in [1.165, 1.54) is 0 Å². The summed E-state index contributed by atoms with van der Waals surface area (Å²) in [6, 6.07) is 0. The van der Waals surface area contributed by atoms with Crippen LogP contribution in [0.2, 0.25) is 0 Å². The molecule has 1 rings (SSSR count). The van der Waals surface area contributed by atoms with Crippen LogP contribution in [0.4, 0.5) is 0 Å². The summed E-state index contributed by atoms with van der Waals surface area (Å²) in [5.41, 5.74) is -1.27. The van der Waals surface area contributed by atoms with E-state index in [4.69, 9.17) is 14.9 Å². The summed E-state index contributed by atoms with van der Waals surface area (Å²) in [6.07, 6.45) is -0.117. The minimum Gasteiger partial charge on any atom is -0.479 e. The first kappa shape index (κ1) is 9.98. The van der Waals surface area contributed by atoms with Crippen LogP contribution in [0.15, 0.2) is 0 Å². The average molecular weight is 188 g/mol. The molecule has 5 nitrogen and oxygen atoms in total. The third kappa shape index (κ3) is 1.65. The minimum atomic E-state index is -1.27. The molecule has 1 aliphatic rings. The normalized spacial score (nSPS) is 33.2. The van der Waals surface area contributed by atoms with Gasteiger partial charge < -0.3 is 14.9 Å². The molecule has 2 atom stereocenters. The molecule has 0 saturated carbocycles. The Labute approximate surface area is 75.3 Å². The third-order valence-corrected chi connectivity index (χ3v) is 2.41. The molecule has 0 radical (unpaired) electrons. The number of carbonyl (C=O) groups is 2. The second kappa shape index (κ2) is 3.33. The van der Waals surface area contributed by atoms with Gasteiger partial charge in [-0.1, -0.05) is 6.92 Å². The zero-order valence-corrected chi connectivity index (χ0v) is 7.32. The van der Waals surface area contributed by atoms with Crippen LogP contribution >= 0.6 is 0 Å². The van der Waals surface area contributed by atoms with Crippen molar-refractivity contribution in [3.05, 3.63) is 0 Å². The molecule has 1 fully saturated rings. The van der Waals surface area contributed by atoms with Crippen LogP contribution < -0.4 is 0 Å². The topological polar surface area (TPSA) is 83.8 Å². The number of hydrogen-bond acceptors (Lipinski definition) is 3. The summed E-state index contributed by atoms with van der Waals surface area (Å²) in [4.78, 5) is 21.3. The van der Waals surface area contributed by atoms with Crippen molar-refractivity contribution in [2.45, 2.75) is 37.9 Å². The van der Waals surface area contributed by atoms with E-state index >= 15 is 0 Å². The molecule has 74 valence electrons. The molecule has 13 heavy (non-hydrogen) atoms. The molecule has 2 unspecified atom stereocenters. The summed E-state index contributed by atoms with van der Waals surface area (Å²) >= 11 is 0. The maximum atomic E-state index is 10.8. The lowest BCUT2D eigenvalue weighted by Gasteiger charge is -2.21. The first-order valence-corrected chi connectivity index (χ1v) is 4.16. The molecule has 0 aromatic carbocycles. The highest BCUT2D eigenvalue weighted by Gasteiger charge is 2.47. The van der Waals surface area contributed by atoms with Gasteiger partial charge in [-0.25, -0.2) is 9.59 Å². The summed E-state index contributed by atoms with van der Waals surface area (Å²) < 4.78 is 5.02. The molecule has 1 saturated heterocycles. The summed E-state index contributed by atoms with van der Waals surface area (Å²) in [7, 11) is 0. The number of rotatable bonds is 3. The fourth-order valence-corrected chi connectivity index (χ4v) is 1.50. The Balaban J connectivity index is 2.74. The van der Waals surface area contributed by atoms with Gasteiger partial charge in [-0.2, -0.15) is 0 Å². The molecule has 5 heteroatoms. The minimum absolute atomic E-state index is 0.273. The number of aliphatic carboxylic acids is 2. The Morgan fingerprint density at radius 1 is 1.54 bits per heavy atom. The fraction of sp³-hybridized carbons (Fsp3) is 0.750. The second-order valence-electron chi connectivity index (χ2n) is 3.14. The first-order chi connectivity index (χ1) is 6.02. The van der Waals surface area contributed by atoms with Crippen molar-refractivity contribution in [1.82, 2.24) is 0 Å². The zero-order valence-electron chi connectivity index (χ0n) is 7.32. The second-order valence-corrected chi connectivity index (χ2v) is 3.14. The van der Waals surface area contributed by atoms with Crippen molar-refractivity contribution in [2.24, 2.45) is 0 Å². The SMILES string of the molecule is CCC1(C(=O)O)CCC(C(=O)O)O1. The molecule has 0 aliphatic carbocycles. The Bertz CT molecular complexity index is 237. The number of hydrogen-bond donors (Lipinski definition) is 2. The van der Waals surface area contributed by atoms with Gasteiger partial charge in [-0.3, -0.25) is 0 Å². The number of carboxylic acids is 2. The van der Waals surface area contributed by atoms with Crippen LogP contribution in [0.25, 0.3) is 0 Å². The predicted molar refractivity (Wildman–Crippen MR) is 42.4 cm³/mol. The molecule has 0 bridgehead atoms. The van der Waals surface area contributed by atoms with E-state index < -0.39 is 23.6 Å². The van der Waals surface area contributed by atoms with Crippen molar-refractivity contribution in [3.8, 4) is 0 Å². The fourth-order valence-electron chi connectivity index (χ4n) is 1.50. The van der Waals surface area contributed by atoms with Crippen molar-refractivity contribution < 1.29 is 24.5 Å². The van der Waals surface area contributed by atoms with E-state index in [2.05, 4.69) is 0 Å². The van der Waals surface area contributed by atoms with Gasteiger partial charge in [0.05, 0.1) is 0 Å². The van der Waals surface area contributed by atoms with E-state index in [-0.39, 0.29) is 12.8 Å². The average Bonchev–Trinajstić information content (AvgIpc) is 2.49. The Hall–Kier alpha value is -1.10. The molecule has 2 N–H and O–H groups in total. The van der Waals surface area contributed by atoms with Crippen molar-refractivity contribution in [1.29, 1.82) is 0 Å². The molecular weight excluding hydrogens is 176 g/mol. The van der Waals surface area contributed by atoms with Crippen LogP contribution in [0.3, 0.4) is 0 Å². The maximum absolute atomic E-state index is 10.8. The molecule has 0 spiro atoms. The van der Waals surface area contributed by atoms with Gasteiger partial charge in [-0.15, -0.1) is 0 Å². The summed E-state index contributed by atoms with van der Waals surface area (Å²) in [5.74, 6) is -2.16. The zero-order chi connectivity index (χ0) is 10.1. The lowest BCUT2D eigenvalue weighted by molar-refractivity contribution is -0.171. The van der Waals surface area contributed by atoms with Crippen LogP contribution in [0, 0.1) is 0 Å². The monoisotopic (exact) mass is 188 g/mol. The van der Waals surface area contributed by atoms with Gasteiger partial charge in [0.25, 0.3) is 0 Å². The van der Waals surface area contributed by atoms with E-state index in [9.17, 15) is 9.59 Å². The van der Waals surface area contributed by atoms with Crippen molar-refractivity contribution in [3.63, 3.8) is 0 Å². The van der Waals surface area contributed by atoms with E-state index in [1.54, 1.807) is 6.92 Å². The van der Waals surface area contributed by atoms with Gasteiger partial charge in [0.2, 0.25) is 0 Å². The molecule has 0 aromatic heterocycles. The van der Waals surface area contributed by atoms with Gasteiger partial charge >= 0.3 is 11.9 Å². The first-order valence-electron chi connectivity index (χ1n) is 4.16. The highest BCUT2D eigenvalue weighted by Crippen LogP contribution is 2.33. The molecule has 0 aromatic rings. The van der Waals surface area contributed by atoms with Crippen LogP contribution in [0.1, 0.15) is 26.2 Å². The van der Waals surface area contributed by atoms with Crippen molar-refractivity contribution >= 4 is 11.9 Å². The number of carboxylic acid groups (broad SMARTS) is 2. The quantitative estimate of drug-likeness (QED) is 0.673. The predicted octanol–water partition coefficient (Wildman–Crippen LogP) is 0.483. The molecular formula is C8H12O5. The molecule has 1 heterocycles. The highest BCUT2D eigenvalue weighted by molar-refractivity contribution is 5.80. The van der Waals surface area contributed by atoms with Gasteiger partial charge in [0, 0.05) is 0 Å². The van der Waals surface area contributed by atoms with E-state index in [1.807, 2.05) is 0 Å². The summed E-state index contributed by atoms with van der Waals surface area (Å²) in [5, 5.41) is 17.5. The Kier molecular flexibility index (Phi) is 2.56. The third-order valence-electron chi connectivity index (χ3n) is 2.41. The number of ether oxygens (including phenoxy) is 1. The lowest BCUT2D eigenvalue weighted by Crippen LogP contribution is -2.39. The maximum Gasteiger partial charge on any atom is 0.335 e. The van der Waals surface area contributed by atoms with Crippen LogP contribution in [-0.4, -0.2) is 33.9 Å². The largest absolute Gasteiger partial charge is 0.479 e. The summed E-state index contributed by atoms with van der Waals surface area (Å²) in [6.45, 7) is 1.68. The molecule has 0 amide bonds. The smallest absolute Gasteiger partial charge is 0.335 e. The molecule has 1 aliphatic heterocycles. The standard InChI is InChI=1S/C8H12O5/c1-2-8(7(11)12)4-3-5(13-8)6(9)10/h5H,2-4H2,1H3,(H,9,10)(H,11,12). The lowest BCUT2D eigenvalue weighted by atomic mass is 9.97. The van der Waals surface area contributed by atoms with E-state index in [0.29, 0.717) is 6.42 Å². The van der Waals surface area contributed by atoms with Crippen molar-refractivity contribution in [2.75, 3.05) is 0 Å². The highest BCUT2D eigenvalue weighted by atomic mass is 16.6. The van der Waals surface area contributed by atoms with Crippen LogP contribution in [-0.2, 0) is 14.3 Å². The van der Waals surface area contributed by atoms with Crippen LogP contribution in [0.5, 0.6) is 0 Å². The Morgan fingerprint density at radius 2 is 2.15 bits per heavy atom. The van der Waals surface area contributed by atoms with Gasteiger partial charge in [0.15, 0.2) is 11.7 Å². The Morgan fingerprint density at radius 3 is 2.38 bits per heavy atom. The van der Waals surface area contributed by atoms with Gasteiger partial charge in [0.1, 0.15) is 0 Å². The van der Waals surface area contributed by atoms with Gasteiger partial charge in [-0.05, 0) is 19.3 Å².